The highest BCUT2D eigenvalue weighted by Crippen LogP contribution is 2.29. The van der Waals surface area contributed by atoms with Crippen molar-refractivity contribution in [1.82, 2.24) is 19.9 Å². The fourth-order valence-corrected chi connectivity index (χ4v) is 2.79. The lowest BCUT2D eigenvalue weighted by atomic mass is 10.1. The maximum Gasteiger partial charge on any atom is 0.182 e. The molecular weight excluding hydrogens is 266 g/mol. The summed E-state index contributed by atoms with van der Waals surface area (Å²) in [7, 11) is 2.01. The zero-order chi connectivity index (χ0) is 14.2. The molecule has 3 aromatic rings. The van der Waals surface area contributed by atoms with Crippen LogP contribution in [0, 0.1) is 0 Å². The number of ether oxygens (including phenoxy) is 1. The molecule has 1 aromatic carbocycles. The summed E-state index contributed by atoms with van der Waals surface area (Å²) in [6.07, 6.45) is 4.25. The number of hydrogen-bond donors (Lipinski definition) is 1. The van der Waals surface area contributed by atoms with Gasteiger partial charge in [0.2, 0.25) is 0 Å². The van der Waals surface area contributed by atoms with E-state index in [9.17, 15) is 0 Å². The second-order valence-electron chi connectivity index (χ2n) is 5.23. The Morgan fingerprint density at radius 3 is 3.10 bits per heavy atom. The number of aromatic nitrogens is 4. The lowest BCUT2D eigenvalue weighted by Crippen LogP contribution is -2.32. The van der Waals surface area contributed by atoms with Crippen LogP contribution >= 0.6 is 0 Å². The fraction of sp³-hybridized carbons (Fsp3) is 0.267. The molecule has 0 aliphatic carbocycles. The Bertz CT molecular complexity index is 759. The van der Waals surface area contributed by atoms with Crippen LogP contribution in [0.1, 0.15) is 5.56 Å². The fourth-order valence-electron chi connectivity index (χ4n) is 2.79. The Balaban J connectivity index is 1.55. The van der Waals surface area contributed by atoms with Gasteiger partial charge in [0, 0.05) is 13.5 Å². The zero-order valence-electron chi connectivity index (χ0n) is 11.7. The number of likely N-dealkylation sites (N-methyl/N-ethyl adjacent to an activating group) is 1. The van der Waals surface area contributed by atoms with E-state index in [4.69, 9.17) is 4.74 Å². The average molecular weight is 281 g/mol. The third-order valence-electron chi connectivity index (χ3n) is 3.76. The van der Waals surface area contributed by atoms with Crippen molar-refractivity contribution in [2.24, 2.45) is 0 Å². The average Bonchev–Trinajstić information content (AvgIpc) is 3.12. The summed E-state index contributed by atoms with van der Waals surface area (Å²) in [6, 6.07) is 8.19. The number of nitrogens with zero attached hydrogens (tertiary/aromatic N) is 4. The normalized spacial score (nSPS) is 16.7. The maximum absolute atomic E-state index is 5.98. The molecule has 0 saturated heterocycles. The summed E-state index contributed by atoms with van der Waals surface area (Å²) in [5, 5.41) is 0. The SMILES string of the molecule is CN(CC1Cc2ccccc2O1)c1ncnc2nc[nH]c12. The van der Waals surface area contributed by atoms with E-state index in [-0.39, 0.29) is 6.10 Å². The van der Waals surface area contributed by atoms with Gasteiger partial charge in [0.05, 0.1) is 12.9 Å². The van der Waals surface area contributed by atoms with Gasteiger partial charge in [-0.05, 0) is 11.6 Å². The number of nitrogens with one attached hydrogen (secondary N) is 1. The van der Waals surface area contributed by atoms with Gasteiger partial charge >= 0.3 is 0 Å². The predicted octanol–water partition coefficient (Wildman–Crippen LogP) is 1.79. The van der Waals surface area contributed by atoms with Crippen LogP contribution in [0.3, 0.4) is 0 Å². The zero-order valence-corrected chi connectivity index (χ0v) is 11.7. The molecule has 6 nitrogen and oxygen atoms in total. The van der Waals surface area contributed by atoms with E-state index in [1.54, 1.807) is 12.7 Å². The third-order valence-corrected chi connectivity index (χ3v) is 3.76. The van der Waals surface area contributed by atoms with Gasteiger partial charge in [0.25, 0.3) is 0 Å². The molecular formula is C15H15N5O. The first kappa shape index (κ1) is 12.1. The highest BCUT2D eigenvalue weighted by molar-refractivity contribution is 5.82. The molecule has 2 aromatic heterocycles. The first-order chi connectivity index (χ1) is 10.3. The van der Waals surface area contributed by atoms with Gasteiger partial charge in [0.15, 0.2) is 11.5 Å². The number of anilines is 1. The minimum absolute atomic E-state index is 0.139. The number of hydrogen-bond acceptors (Lipinski definition) is 5. The molecule has 0 amide bonds. The van der Waals surface area contributed by atoms with Gasteiger partial charge in [-0.15, -0.1) is 0 Å². The van der Waals surface area contributed by atoms with Crippen LogP contribution in [-0.4, -0.2) is 39.6 Å². The van der Waals surface area contributed by atoms with Crippen LogP contribution in [-0.2, 0) is 6.42 Å². The van der Waals surface area contributed by atoms with Crippen LogP contribution in [0.25, 0.3) is 11.2 Å². The summed E-state index contributed by atoms with van der Waals surface area (Å²) >= 11 is 0. The van der Waals surface area contributed by atoms with E-state index in [2.05, 4.69) is 30.9 Å². The second-order valence-corrected chi connectivity index (χ2v) is 5.23. The number of fused-ring (bicyclic) bond motifs is 2. The van der Waals surface area contributed by atoms with Gasteiger partial charge in [-0.25, -0.2) is 15.0 Å². The van der Waals surface area contributed by atoms with Crippen LogP contribution in [0.2, 0.25) is 0 Å². The van der Waals surface area contributed by atoms with Gasteiger partial charge in [-0.2, -0.15) is 0 Å². The third kappa shape index (κ3) is 2.08. The molecule has 1 aliphatic rings. The minimum atomic E-state index is 0.139. The van der Waals surface area contributed by atoms with E-state index >= 15 is 0 Å². The van der Waals surface area contributed by atoms with Crippen molar-refractivity contribution in [3.05, 3.63) is 42.5 Å². The second kappa shape index (κ2) is 4.73. The number of para-hydroxylation sites is 1. The van der Waals surface area contributed by atoms with Gasteiger partial charge < -0.3 is 14.6 Å². The topological polar surface area (TPSA) is 66.9 Å². The maximum atomic E-state index is 5.98. The van der Waals surface area contributed by atoms with Crippen LogP contribution in [0.5, 0.6) is 5.75 Å². The van der Waals surface area contributed by atoms with Crippen molar-refractivity contribution >= 4 is 17.0 Å². The molecule has 106 valence electrons. The number of aromatic amines is 1. The smallest absolute Gasteiger partial charge is 0.182 e. The van der Waals surface area contributed by atoms with Gasteiger partial charge in [0.1, 0.15) is 23.7 Å². The van der Waals surface area contributed by atoms with Crippen LogP contribution in [0.4, 0.5) is 5.82 Å². The summed E-state index contributed by atoms with van der Waals surface area (Å²) in [6.45, 7) is 0.764. The highest BCUT2D eigenvalue weighted by Gasteiger charge is 2.24. The minimum Gasteiger partial charge on any atom is -0.488 e. The Morgan fingerprint density at radius 2 is 2.19 bits per heavy atom. The Labute approximate surface area is 121 Å². The molecule has 21 heavy (non-hydrogen) atoms. The number of rotatable bonds is 3. The monoisotopic (exact) mass is 281 g/mol. The Hall–Kier alpha value is -2.63. The largest absolute Gasteiger partial charge is 0.488 e. The Morgan fingerprint density at radius 1 is 1.29 bits per heavy atom. The van der Waals surface area contributed by atoms with E-state index in [0.29, 0.717) is 5.65 Å². The molecule has 3 heterocycles. The molecule has 0 radical (unpaired) electrons. The van der Waals surface area contributed by atoms with Crippen molar-refractivity contribution in [1.29, 1.82) is 0 Å². The van der Waals surface area contributed by atoms with Gasteiger partial charge in [-0.1, -0.05) is 18.2 Å². The van der Waals surface area contributed by atoms with E-state index in [1.165, 1.54) is 5.56 Å². The Kier molecular flexibility index (Phi) is 2.73. The number of imidazole rings is 1. The molecule has 1 atom stereocenters. The van der Waals surface area contributed by atoms with Crippen molar-refractivity contribution in [3.63, 3.8) is 0 Å². The summed E-state index contributed by atoms with van der Waals surface area (Å²) in [5.74, 6) is 1.84. The molecule has 4 rings (SSSR count). The lowest BCUT2D eigenvalue weighted by molar-refractivity contribution is 0.239. The highest BCUT2D eigenvalue weighted by atomic mass is 16.5. The predicted molar refractivity (Wildman–Crippen MR) is 79.5 cm³/mol. The molecule has 0 saturated carbocycles. The summed E-state index contributed by atoms with van der Waals surface area (Å²) in [4.78, 5) is 17.8. The van der Waals surface area contributed by atoms with Crippen molar-refractivity contribution in [2.75, 3.05) is 18.5 Å². The molecule has 1 unspecified atom stereocenters. The van der Waals surface area contributed by atoms with Crippen LogP contribution < -0.4 is 9.64 Å². The quantitative estimate of drug-likeness (QED) is 0.793. The molecule has 0 bridgehead atoms. The summed E-state index contributed by atoms with van der Waals surface area (Å²) < 4.78 is 5.98. The molecule has 1 N–H and O–H groups in total. The first-order valence-corrected chi connectivity index (χ1v) is 6.91. The van der Waals surface area contributed by atoms with Crippen molar-refractivity contribution < 1.29 is 4.74 Å². The van der Waals surface area contributed by atoms with Gasteiger partial charge in [-0.3, -0.25) is 0 Å². The molecule has 6 heteroatoms. The summed E-state index contributed by atoms with van der Waals surface area (Å²) in [5.41, 5.74) is 2.81. The van der Waals surface area contributed by atoms with E-state index < -0.39 is 0 Å². The molecule has 1 aliphatic heterocycles. The number of H-pyrrole nitrogens is 1. The standard InChI is InChI=1S/C15H15N5O/c1-20(15-13-14(17-8-16-13)18-9-19-15)7-11-6-10-4-2-3-5-12(10)21-11/h2-5,8-9,11H,6-7H2,1H3,(H,16,17,18,19). The van der Waals surface area contributed by atoms with E-state index in [1.807, 2.05) is 25.2 Å². The van der Waals surface area contributed by atoms with Crippen LogP contribution in [0.15, 0.2) is 36.9 Å². The first-order valence-electron chi connectivity index (χ1n) is 6.91. The molecule has 0 fully saturated rings. The van der Waals surface area contributed by atoms with E-state index in [0.717, 1.165) is 30.0 Å². The lowest BCUT2D eigenvalue weighted by Gasteiger charge is -2.22. The van der Waals surface area contributed by atoms with Crippen molar-refractivity contribution in [3.8, 4) is 5.75 Å². The van der Waals surface area contributed by atoms with Crippen molar-refractivity contribution in [2.45, 2.75) is 12.5 Å². The molecule has 0 spiro atoms. The number of benzene rings is 1.